The number of methoxy groups -OCH3 is 2. The first-order valence-corrected chi connectivity index (χ1v) is 16.3. The van der Waals surface area contributed by atoms with Crippen LogP contribution in [0, 0.1) is 0 Å². The molecule has 0 saturated carbocycles. The van der Waals surface area contributed by atoms with E-state index in [0.717, 1.165) is 28.5 Å². The number of carbonyl (C=O) groups excluding carboxylic acids is 2. The van der Waals surface area contributed by atoms with Crippen molar-refractivity contribution in [2.24, 2.45) is 5.73 Å². The fraction of sp³-hybridized carbons (Fsp3) is 0.429. The number of nitrogens with two attached hydrogens (primary N) is 1. The van der Waals surface area contributed by atoms with Crippen LogP contribution in [0.3, 0.4) is 0 Å². The van der Waals surface area contributed by atoms with Crippen LogP contribution >= 0.6 is 0 Å². The second kappa shape index (κ2) is 11.1. The smallest absolute Gasteiger partial charge is 0.257 e. The van der Waals surface area contributed by atoms with Crippen LogP contribution in [0.15, 0.2) is 42.5 Å². The average molecular weight is 524 g/mol. The minimum absolute atomic E-state index is 0.0774. The molecule has 0 radical (unpaired) electrons. The second-order valence-electron chi connectivity index (χ2n) is 10.6. The van der Waals surface area contributed by atoms with Crippen molar-refractivity contribution in [1.82, 2.24) is 4.90 Å². The van der Waals surface area contributed by atoms with Gasteiger partial charge in [-0.2, -0.15) is 0 Å². The molecular weight excluding hydrogens is 486 g/mol. The van der Waals surface area contributed by atoms with E-state index < -0.39 is 14.1 Å². The Balaban J connectivity index is 1.72. The van der Waals surface area contributed by atoms with E-state index in [1.807, 2.05) is 36.4 Å². The molecule has 2 aliphatic rings. The monoisotopic (exact) mass is 523 g/mol. The lowest BCUT2D eigenvalue weighted by Gasteiger charge is -2.26. The van der Waals surface area contributed by atoms with Gasteiger partial charge in [-0.3, -0.25) is 14.5 Å². The van der Waals surface area contributed by atoms with Crippen LogP contribution in [0.1, 0.15) is 21.5 Å². The molecule has 198 valence electrons. The summed E-state index contributed by atoms with van der Waals surface area (Å²) in [5.41, 5.74) is 9.52. The first-order chi connectivity index (χ1) is 17.7. The zero-order valence-electron chi connectivity index (χ0n) is 22.4. The van der Waals surface area contributed by atoms with Gasteiger partial charge in [0.25, 0.3) is 11.8 Å². The largest absolute Gasteiger partial charge is 0.497 e. The van der Waals surface area contributed by atoms with E-state index in [1.54, 1.807) is 30.1 Å². The minimum Gasteiger partial charge on any atom is -0.497 e. The van der Waals surface area contributed by atoms with E-state index in [2.05, 4.69) is 19.6 Å². The summed E-state index contributed by atoms with van der Waals surface area (Å²) in [6, 6.07) is 11.5. The molecule has 0 aliphatic carbocycles. The molecule has 4 rings (SSSR count). The van der Waals surface area contributed by atoms with Crippen molar-refractivity contribution in [1.29, 1.82) is 0 Å². The number of benzene rings is 2. The van der Waals surface area contributed by atoms with Crippen molar-refractivity contribution in [3.8, 4) is 11.5 Å². The quantitative estimate of drug-likeness (QED) is 0.376. The number of fused-ring (bicyclic) bond motifs is 2. The minimum atomic E-state index is -1.30. The maximum absolute atomic E-state index is 14.0. The third-order valence-electron chi connectivity index (χ3n) is 6.83. The predicted octanol–water partition coefficient (Wildman–Crippen LogP) is 3.77. The Labute approximate surface area is 220 Å². The maximum atomic E-state index is 14.0. The van der Waals surface area contributed by atoms with Crippen LogP contribution in [-0.2, 0) is 16.0 Å². The number of amides is 2. The van der Waals surface area contributed by atoms with Crippen molar-refractivity contribution in [3.05, 3.63) is 59.2 Å². The van der Waals surface area contributed by atoms with Crippen molar-refractivity contribution in [3.63, 3.8) is 0 Å². The molecule has 0 spiro atoms. The van der Waals surface area contributed by atoms with Gasteiger partial charge in [0.1, 0.15) is 24.3 Å². The van der Waals surface area contributed by atoms with Crippen LogP contribution in [-0.4, -0.2) is 71.5 Å². The summed E-state index contributed by atoms with van der Waals surface area (Å²) in [5, 5.41) is 0. The highest BCUT2D eigenvalue weighted by Gasteiger charge is 2.42. The highest BCUT2D eigenvalue weighted by Crippen LogP contribution is 2.38. The zero-order valence-corrected chi connectivity index (χ0v) is 23.4. The van der Waals surface area contributed by atoms with E-state index in [9.17, 15) is 9.59 Å². The summed E-state index contributed by atoms with van der Waals surface area (Å²) in [6.07, 6.45) is 2.46. The van der Waals surface area contributed by atoms with Gasteiger partial charge in [0.2, 0.25) is 0 Å². The Kier molecular flexibility index (Phi) is 8.06. The van der Waals surface area contributed by atoms with Gasteiger partial charge in [0.15, 0.2) is 0 Å². The van der Waals surface area contributed by atoms with Crippen molar-refractivity contribution in [2.75, 3.05) is 45.5 Å². The number of hydrogen-bond acceptors (Lipinski definition) is 6. The Morgan fingerprint density at radius 3 is 2.41 bits per heavy atom. The summed E-state index contributed by atoms with van der Waals surface area (Å²) < 4.78 is 16.9. The summed E-state index contributed by atoms with van der Waals surface area (Å²) in [7, 11) is 1.90. The third-order valence-corrected chi connectivity index (χ3v) is 8.53. The molecule has 2 heterocycles. The second-order valence-corrected chi connectivity index (χ2v) is 16.3. The SMILES string of the molecule is COc1ccc(C2=C[C@@H]3C(=O)N(COCC[Si](C)(C)C)c4cc(CCN)c(OC)cc4C(=O)N3C2)cc1. The normalized spacial score (nSPS) is 17.4. The third kappa shape index (κ3) is 5.74. The summed E-state index contributed by atoms with van der Waals surface area (Å²) in [5.74, 6) is 0.938. The molecule has 0 saturated heterocycles. The number of hydrogen-bond donors (Lipinski definition) is 1. The standard InChI is InChI=1S/C28H37N3O5Si/c1-34-22-8-6-19(7-9-22)21-15-25-28(33)31(18-36-12-13-37(3,4)5)24-14-20(10-11-29)26(35-2)16-23(24)27(32)30(25)17-21/h6-9,14-16,25H,10-13,17-18,29H2,1-5H3/t25-/m1/s1. The molecule has 8 nitrogen and oxygen atoms in total. The van der Waals surface area contributed by atoms with Crippen LogP contribution in [0.25, 0.3) is 5.57 Å². The number of carbonyl (C=O) groups is 2. The molecule has 1 atom stereocenters. The van der Waals surface area contributed by atoms with Gasteiger partial charge >= 0.3 is 0 Å². The molecule has 0 unspecified atom stereocenters. The van der Waals surface area contributed by atoms with Gasteiger partial charge in [-0.25, -0.2) is 0 Å². The molecule has 2 N–H and O–H groups in total. The van der Waals surface area contributed by atoms with E-state index in [1.165, 1.54) is 0 Å². The van der Waals surface area contributed by atoms with Gasteiger partial charge in [0.05, 0.1) is 25.5 Å². The molecule has 0 bridgehead atoms. The zero-order chi connectivity index (χ0) is 26.7. The van der Waals surface area contributed by atoms with Crippen molar-refractivity contribution < 1.29 is 23.8 Å². The molecule has 9 heteroatoms. The Morgan fingerprint density at radius 1 is 1.05 bits per heavy atom. The number of nitrogens with zero attached hydrogens (tertiary/aromatic N) is 2. The van der Waals surface area contributed by atoms with Crippen LogP contribution in [0.2, 0.25) is 25.7 Å². The molecule has 37 heavy (non-hydrogen) atoms. The average Bonchev–Trinajstić information content (AvgIpc) is 3.30. The lowest BCUT2D eigenvalue weighted by atomic mass is 10.0. The molecule has 0 aromatic heterocycles. The van der Waals surface area contributed by atoms with E-state index in [0.29, 0.717) is 43.1 Å². The van der Waals surface area contributed by atoms with Crippen LogP contribution in [0.4, 0.5) is 5.69 Å². The topological polar surface area (TPSA) is 94.3 Å². The van der Waals surface area contributed by atoms with Crippen molar-refractivity contribution in [2.45, 2.75) is 38.1 Å². The highest BCUT2D eigenvalue weighted by atomic mass is 28.3. The van der Waals surface area contributed by atoms with Gasteiger partial charge in [-0.1, -0.05) is 31.8 Å². The number of anilines is 1. The Morgan fingerprint density at radius 2 is 1.78 bits per heavy atom. The molecule has 0 fully saturated rings. The summed E-state index contributed by atoms with van der Waals surface area (Å²) >= 11 is 0. The first-order valence-electron chi connectivity index (χ1n) is 12.6. The maximum Gasteiger partial charge on any atom is 0.257 e. The Hall–Kier alpha value is -3.14. The van der Waals surface area contributed by atoms with Gasteiger partial charge < -0.3 is 24.8 Å². The van der Waals surface area contributed by atoms with Crippen LogP contribution < -0.4 is 20.1 Å². The summed E-state index contributed by atoms with van der Waals surface area (Å²) in [4.78, 5) is 31.1. The molecule has 2 aliphatic heterocycles. The summed E-state index contributed by atoms with van der Waals surface area (Å²) in [6.45, 7) is 8.26. The van der Waals surface area contributed by atoms with Crippen molar-refractivity contribution >= 4 is 31.1 Å². The molecule has 2 aromatic carbocycles. The van der Waals surface area contributed by atoms with Gasteiger partial charge in [0, 0.05) is 21.2 Å². The fourth-order valence-corrected chi connectivity index (χ4v) is 5.41. The van der Waals surface area contributed by atoms with Gasteiger partial charge in [-0.05, 0) is 66.1 Å². The van der Waals surface area contributed by atoms with E-state index >= 15 is 0 Å². The fourth-order valence-electron chi connectivity index (χ4n) is 4.66. The van der Waals surface area contributed by atoms with Gasteiger partial charge in [-0.15, -0.1) is 0 Å². The Bertz CT molecular complexity index is 1190. The molecular formula is C28H37N3O5Si. The lowest BCUT2D eigenvalue weighted by Crippen LogP contribution is -2.45. The number of rotatable bonds is 10. The lowest BCUT2D eigenvalue weighted by molar-refractivity contribution is -0.122. The van der Waals surface area contributed by atoms with E-state index in [-0.39, 0.29) is 18.5 Å². The molecule has 2 amide bonds. The predicted molar refractivity (Wildman–Crippen MR) is 148 cm³/mol. The van der Waals surface area contributed by atoms with Crippen LogP contribution in [0.5, 0.6) is 11.5 Å². The van der Waals surface area contributed by atoms with E-state index in [4.69, 9.17) is 19.9 Å². The number of ether oxygens (including phenoxy) is 3. The first kappa shape index (κ1) is 26.9. The highest BCUT2D eigenvalue weighted by molar-refractivity contribution is 6.76. The molecule has 2 aromatic rings.